The minimum atomic E-state index is -0.421. The molecule has 0 saturated heterocycles. The van der Waals surface area contributed by atoms with Crippen molar-refractivity contribution in [3.8, 4) is 5.75 Å². The molecule has 1 aromatic heterocycles. The van der Waals surface area contributed by atoms with Gasteiger partial charge in [0.25, 0.3) is 0 Å². The molecule has 0 fully saturated rings. The van der Waals surface area contributed by atoms with Crippen LogP contribution in [-0.2, 0) is 9.59 Å². The molecule has 0 unspecified atom stereocenters. The van der Waals surface area contributed by atoms with Crippen LogP contribution in [0.5, 0.6) is 5.75 Å². The smallest absolute Gasteiger partial charge is 0.331 e. The molecule has 0 spiro atoms. The van der Waals surface area contributed by atoms with Crippen molar-refractivity contribution in [3.05, 3.63) is 28.2 Å². The van der Waals surface area contributed by atoms with Crippen LogP contribution >= 0.6 is 22.9 Å². The number of rotatable bonds is 4. The van der Waals surface area contributed by atoms with Crippen molar-refractivity contribution >= 4 is 45.6 Å². The largest absolute Gasteiger partial charge is 0.423 e. The van der Waals surface area contributed by atoms with E-state index in [-0.39, 0.29) is 24.9 Å². The number of aromatic nitrogens is 2. The lowest BCUT2D eigenvalue weighted by molar-refractivity contribution is -0.133. The van der Waals surface area contributed by atoms with Gasteiger partial charge in [-0.05, 0) is 18.2 Å². The fourth-order valence-electron chi connectivity index (χ4n) is 2.21. The summed E-state index contributed by atoms with van der Waals surface area (Å²) in [5.41, 5.74) is 0.609. The number of nitrogens with zero attached hydrogens (tertiary/aromatic N) is 3. The quantitative estimate of drug-likeness (QED) is 0.661. The summed E-state index contributed by atoms with van der Waals surface area (Å²) in [5.74, 6) is -0.0711. The van der Waals surface area contributed by atoms with E-state index in [9.17, 15) is 9.59 Å². The van der Waals surface area contributed by atoms with Crippen molar-refractivity contribution in [2.24, 2.45) is 0 Å². The summed E-state index contributed by atoms with van der Waals surface area (Å²) in [6.07, 6.45) is 0. The third-order valence-electron chi connectivity index (χ3n) is 3.32. The van der Waals surface area contributed by atoms with Gasteiger partial charge in [0, 0.05) is 10.9 Å². The van der Waals surface area contributed by atoms with Crippen molar-refractivity contribution in [1.29, 1.82) is 0 Å². The Balaban J connectivity index is 1.72. The van der Waals surface area contributed by atoms with Crippen LogP contribution in [0.3, 0.4) is 0 Å². The molecular weight excluding hydrogens is 352 g/mol. The predicted molar refractivity (Wildman–Crippen MR) is 91.9 cm³/mol. The van der Waals surface area contributed by atoms with Crippen LogP contribution in [0.1, 0.15) is 24.8 Å². The van der Waals surface area contributed by atoms with Crippen LogP contribution in [0.15, 0.2) is 18.2 Å². The number of halogens is 1. The van der Waals surface area contributed by atoms with Crippen LogP contribution in [0.2, 0.25) is 5.02 Å². The van der Waals surface area contributed by atoms with Gasteiger partial charge in [-0.15, -0.1) is 10.2 Å². The second kappa shape index (κ2) is 6.74. The summed E-state index contributed by atoms with van der Waals surface area (Å²) < 4.78 is 5.16. The predicted octanol–water partition coefficient (Wildman–Crippen LogP) is 2.68. The molecule has 3 rings (SSSR count). The van der Waals surface area contributed by atoms with Gasteiger partial charge >= 0.3 is 5.97 Å². The number of hydrogen-bond donors (Lipinski definition) is 1. The minimum Gasteiger partial charge on any atom is -0.423 e. The van der Waals surface area contributed by atoms with Gasteiger partial charge in [-0.2, -0.15) is 0 Å². The fourth-order valence-corrected chi connectivity index (χ4v) is 3.14. The Morgan fingerprint density at radius 3 is 2.96 bits per heavy atom. The van der Waals surface area contributed by atoms with Crippen molar-refractivity contribution < 1.29 is 14.3 Å². The second-order valence-corrected chi connectivity index (χ2v) is 7.04. The maximum Gasteiger partial charge on any atom is 0.331 e. The van der Waals surface area contributed by atoms with Gasteiger partial charge in [-0.25, -0.2) is 4.79 Å². The molecule has 0 atom stereocenters. The summed E-state index contributed by atoms with van der Waals surface area (Å²) in [7, 11) is 0. The standard InChI is InChI=1S/C15H15ClN4O3S/c1-8(2)14-18-19-15(24-14)17-12(21)6-20-7-13(22)23-11-4-3-9(16)5-10(11)20/h3-5,8H,6-7H2,1-2H3,(H,17,19,21). The highest BCUT2D eigenvalue weighted by molar-refractivity contribution is 7.15. The third-order valence-corrected chi connectivity index (χ3v) is 4.70. The molecular formula is C15H15ClN4O3S. The Hall–Kier alpha value is -2.19. The summed E-state index contributed by atoms with van der Waals surface area (Å²) in [4.78, 5) is 25.6. The summed E-state index contributed by atoms with van der Waals surface area (Å²) in [5, 5.41) is 12.5. The zero-order valence-corrected chi connectivity index (χ0v) is 14.6. The number of carbonyl (C=O) groups is 2. The molecule has 1 aromatic carbocycles. The number of carbonyl (C=O) groups excluding carboxylic acids is 2. The van der Waals surface area contributed by atoms with Gasteiger partial charge in [-0.1, -0.05) is 36.8 Å². The lowest BCUT2D eigenvalue weighted by atomic mass is 10.2. The number of amides is 1. The van der Waals surface area contributed by atoms with E-state index in [0.717, 1.165) is 5.01 Å². The number of esters is 1. The van der Waals surface area contributed by atoms with Crippen LogP contribution in [0.4, 0.5) is 10.8 Å². The lowest BCUT2D eigenvalue weighted by Crippen LogP contribution is -2.41. The van der Waals surface area contributed by atoms with E-state index < -0.39 is 5.97 Å². The maximum atomic E-state index is 12.3. The zero-order valence-electron chi connectivity index (χ0n) is 13.1. The van der Waals surface area contributed by atoms with Gasteiger partial charge in [0.2, 0.25) is 11.0 Å². The zero-order chi connectivity index (χ0) is 17.3. The van der Waals surface area contributed by atoms with E-state index in [4.69, 9.17) is 16.3 Å². The molecule has 7 nitrogen and oxygen atoms in total. The van der Waals surface area contributed by atoms with Crippen LogP contribution in [0.25, 0.3) is 0 Å². The average molecular weight is 367 g/mol. The monoisotopic (exact) mass is 366 g/mol. The highest BCUT2D eigenvalue weighted by atomic mass is 35.5. The lowest BCUT2D eigenvalue weighted by Gasteiger charge is -2.29. The van der Waals surface area contributed by atoms with E-state index in [0.29, 0.717) is 21.6 Å². The van der Waals surface area contributed by atoms with Gasteiger partial charge in [0.1, 0.15) is 11.6 Å². The first-order valence-electron chi connectivity index (χ1n) is 7.31. The molecule has 2 aromatic rings. The highest BCUT2D eigenvalue weighted by Gasteiger charge is 2.26. The Morgan fingerprint density at radius 2 is 2.25 bits per heavy atom. The molecule has 0 radical (unpaired) electrons. The molecule has 24 heavy (non-hydrogen) atoms. The van der Waals surface area contributed by atoms with Crippen molar-refractivity contribution in [3.63, 3.8) is 0 Å². The first kappa shape index (κ1) is 16.7. The van der Waals surface area contributed by atoms with E-state index in [1.165, 1.54) is 11.3 Å². The van der Waals surface area contributed by atoms with Crippen LogP contribution in [0, 0.1) is 0 Å². The molecule has 1 aliphatic heterocycles. The number of ether oxygens (including phenoxy) is 1. The van der Waals surface area contributed by atoms with E-state index in [2.05, 4.69) is 15.5 Å². The molecule has 2 heterocycles. The van der Waals surface area contributed by atoms with Crippen molar-refractivity contribution in [2.45, 2.75) is 19.8 Å². The number of hydrogen-bond acceptors (Lipinski definition) is 7. The Morgan fingerprint density at radius 1 is 1.46 bits per heavy atom. The second-order valence-electron chi connectivity index (χ2n) is 5.59. The van der Waals surface area contributed by atoms with Gasteiger partial charge in [0.05, 0.1) is 12.2 Å². The minimum absolute atomic E-state index is 0.0148. The van der Waals surface area contributed by atoms with E-state index in [1.807, 2.05) is 13.8 Å². The summed E-state index contributed by atoms with van der Waals surface area (Å²) in [6.45, 7) is 3.98. The molecule has 0 saturated carbocycles. The number of nitrogens with one attached hydrogen (secondary N) is 1. The van der Waals surface area contributed by atoms with Crippen molar-refractivity contribution in [1.82, 2.24) is 10.2 Å². The van der Waals surface area contributed by atoms with Gasteiger partial charge < -0.3 is 9.64 Å². The van der Waals surface area contributed by atoms with Gasteiger partial charge in [-0.3, -0.25) is 10.1 Å². The molecule has 9 heteroatoms. The summed E-state index contributed by atoms with van der Waals surface area (Å²) >= 11 is 7.33. The van der Waals surface area contributed by atoms with Crippen LogP contribution in [-0.4, -0.2) is 35.2 Å². The molecule has 0 aliphatic carbocycles. The maximum absolute atomic E-state index is 12.3. The molecule has 1 aliphatic rings. The van der Waals surface area contributed by atoms with Crippen molar-refractivity contribution in [2.75, 3.05) is 23.3 Å². The SMILES string of the molecule is CC(C)c1nnc(NC(=O)CN2CC(=O)Oc3ccc(Cl)cc32)s1. The molecule has 1 amide bonds. The molecule has 126 valence electrons. The number of fused-ring (bicyclic) bond motifs is 1. The van der Waals surface area contributed by atoms with E-state index in [1.54, 1.807) is 23.1 Å². The normalized spacial score (nSPS) is 13.7. The third kappa shape index (κ3) is 3.65. The van der Waals surface area contributed by atoms with Crippen LogP contribution < -0.4 is 15.0 Å². The number of anilines is 2. The molecule has 0 bridgehead atoms. The topological polar surface area (TPSA) is 84.4 Å². The van der Waals surface area contributed by atoms with E-state index >= 15 is 0 Å². The average Bonchev–Trinajstić information content (AvgIpc) is 2.96. The first-order chi connectivity index (χ1) is 11.4. The highest BCUT2D eigenvalue weighted by Crippen LogP contribution is 2.34. The Labute approximate surface area is 147 Å². The number of benzene rings is 1. The fraction of sp³-hybridized carbons (Fsp3) is 0.333. The first-order valence-corrected chi connectivity index (χ1v) is 8.50. The molecule has 1 N–H and O–H groups in total. The summed E-state index contributed by atoms with van der Waals surface area (Å²) in [6, 6.07) is 4.91. The van der Waals surface area contributed by atoms with Gasteiger partial charge in [0.15, 0.2) is 5.75 Å². The Kier molecular flexibility index (Phi) is 4.68. The Bertz CT molecular complexity index is 793.